The van der Waals surface area contributed by atoms with Gasteiger partial charge in [0.2, 0.25) is 5.91 Å². The fraction of sp³-hybridized carbons (Fsp3) is 0.800. The highest BCUT2D eigenvalue weighted by atomic mass is 16.1. The van der Waals surface area contributed by atoms with Gasteiger partial charge in [0.1, 0.15) is 5.78 Å². The van der Waals surface area contributed by atoms with E-state index in [1.807, 2.05) is 13.8 Å². The fourth-order valence-corrected chi connectivity index (χ4v) is 1.51. The standard InChI is InChI=1S/C10H17NO2/c1-7(2)10(13)11-6-8-3-4-9(12)5-8/h7-8H,3-6H2,1-2H3,(H,11,13). The summed E-state index contributed by atoms with van der Waals surface area (Å²) in [6.45, 7) is 4.41. The van der Waals surface area contributed by atoms with Crippen molar-refractivity contribution >= 4 is 11.7 Å². The van der Waals surface area contributed by atoms with Crippen molar-refractivity contribution in [3.63, 3.8) is 0 Å². The Morgan fingerprint density at radius 2 is 2.31 bits per heavy atom. The summed E-state index contributed by atoms with van der Waals surface area (Å²) in [7, 11) is 0. The van der Waals surface area contributed by atoms with Crippen LogP contribution in [-0.2, 0) is 9.59 Å². The van der Waals surface area contributed by atoms with E-state index in [1.165, 1.54) is 0 Å². The number of nitrogens with one attached hydrogen (secondary N) is 1. The van der Waals surface area contributed by atoms with E-state index in [0.29, 0.717) is 31.1 Å². The Morgan fingerprint density at radius 1 is 1.62 bits per heavy atom. The maximum Gasteiger partial charge on any atom is 0.222 e. The maximum absolute atomic E-state index is 11.2. The number of hydrogen-bond donors (Lipinski definition) is 1. The molecule has 1 fully saturated rings. The van der Waals surface area contributed by atoms with E-state index in [4.69, 9.17) is 0 Å². The molecule has 0 heterocycles. The molecule has 0 saturated heterocycles. The van der Waals surface area contributed by atoms with Crippen LogP contribution >= 0.6 is 0 Å². The molecule has 1 amide bonds. The molecule has 1 unspecified atom stereocenters. The first kappa shape index (κ1) is 10.2. The molecule has 1 rings (SSSR count). The Hall–Kier alpha value is -0.860. The van der Waals surface area contributed by atoms with Crippen LogP contribution in [0.15, 0.2) is 0 Å². The van der Waals surface area contributed by atoms with E-state index in [1.54, 1.807) is 0 Å². The second-order valence-corrected chi connectivity index (χ2v) is 4.05. The van der Waals surface area contributed by atoms with Gasteiger partial charge in [-0.05, 0) is 12.3 Å². The second-order valence-electron chi connectivity index (χ2n) is 4.05. The molecule has 1 aliphatic carbocycles. The number of rotatable bonds is 3. The van der Waals surface area contributed by atoms with Gasteiger partial charge in [0.25, 0.3) is 0 Å². The third-order valence-corrected chi connectivity index (χ3v) is 2.44. The molecule has 0 bridgehead atoms. The van der Waals surface area contributed by atoms with E-state index in [9.17, 15) is 9.59 Å². The zero-order valence-electron chi connectivity index (χ0n) is 8.30. The van der Waals surface area contributed by atoms with E-state index < -0.39 is 0 Å². The maximum atomic E-state index is 11.2. The zero-order valence-corrected chi connectivity index (χ0v) is 8.30. The van der Waals surface area contributed by atoms with Crippen LogP contribution in [-0.4, -0.2) is 18.2 Å². The first-order valence-corrected chi connectivity index (χ1v) is 4.89. The topological polar surface area (TPSA) is 46.2 Å². The Kier molecular flexibility index (Phi) is 3.46. The van der Waals surface area contributed by atoms with Gasteiger partial charge in [0.15, 0.2) is 0 Å². The van der Waals surface area contributed by atoms with Gasteiger partial charge >= 0.3 is 0 Å². The molecule has 0 radical (unpaired) electrons. The lowest BCUT2D eigenvalue weighted by Crippen LogP contribution is -2.31. The molecule has 3 nitrogen and oxygen atoms in total. The Morgan fingerprint density at radius 3 is 2.77 bits per heavy atom. The highest BCUT2D eigenvalue weighted by molar-refractivity contribution is 5.81. The Labute approximate surface area is 78.9 Å². The second kappa shape index (κ2) is 4.40. The van der Waals surface area contributed by atoms with Crippen LogP contribution in [0.2, 0.25) is 0 Å². The number of Topliss-reactive ketones (excluding diaryl/α,β-unsaturated/α-hetero) is 1. The molecule has 1 saturated carbocycles. The quantitative estimate of drug-likeness (QED) is 0.713. The van der Waals surface area contributed by atoms with Crippen molar-refractivity contribution in [3.8, 4) is 0 Å². The van der Waals surface area contributed by atoms with Crippen LogP contribution < -0.4 is 5.32 Å². The Bertz CT molecular complexity index is 211. The smallest absolute Gasteiger partial charge is 0.222 e. The van der Waals surface area contributed by atoms with Crippen molar-refractivity contribution in [2.45, 2.75) is 33.1 Å². The summed E-state index contributed by atoms with van der Waals surface area (Å²) < 4.78 is 0. The molecule has 0 aliphatic heterocycles. The highest BCUT2D eigenvalue weighted by Gasteiger charge is 2.22. The van der Waals surface area contributed by atoms with Crippen LogP contribution in [0.25, 0.3) is 0 Å². The van der Waals surface area contributed by atoms with Crippen molar-refractivity contribution in [2.24, 2.45) is 11.8 Å². The minimum atomic E-state index is 0.0390. The molecule has 13 heavy (non-hydrogen) atoms. The Balaban J connectivity index is 2.19. The van der Waals surface area contributed by atoms with Crippen LogP contribution in [0.1, 0.15) is 33.1 Å². The number of carbonyl (C=O) groups is 2. The third-order valence-electron chi connectivity index (χ3n) is 2.44. The van der Waals surface area contributed by atoms with Gasteiger partial charge in [-0.25, -0.2) is 0 Å². The van der Waals surface area contributed by atoms with E-state index in [0.717, 1.165) is 6.42 Å². The predicted octanol–water partition coefficient (Wildman–Crippen LogP) is 1.13. The summed E-state index contributed by atoms with van der Waals surface area (Å²) in [6.07, 6.45) is 2.29. The first-order chi connectivity index (χ1) is 6.09. The van der Waals surface area contributed by atoms with Crippen molar-refractivity contribution in [1.29, 1.82) is 0 Å². The van der Waals surface area contributed by atoms with Crippen molar-refractivity contribution in [2.75, 3.05) is 6.54 Å². The molecule has 1 atom stereocenters. The van der Waals surface area contributed by atoms with Gasteiger partial charge in [-0.3, -0.25) is 9.59 Å². The molecule has 74 valence electrons. The minimum Gasteiger partial charge on any atom is -0.356 e. The van der Waals surface area contributed by atoms with E-state index >= 15 is 0 Å². The van der Waals surface area contributed by atoms with Crippen molar-refractivity contribution in [1.82, 2.24) is 5.32 Å². The van der Waals surface area contributed by atoms with Gasteiger partial charge in [-0.2, -0.15) is 0 Å². The molecule has 3 heteroatoms. The number of carbonyl (C=O) groups excluding carboxylic acids is 2. The lowest BCUT2D eigenvalue weighted by atomic mass is 10.1. The molecule has 0 spiro atoms. The lowest BCUT2D eigenvalue weighted by Gasteiger charge is -2.11. The minimum absolute atomic E-state index is 0.0390. The molecule has 0 aromatic carbocycles. The van der Waals surface area contributed by atoms with Crippen LogP contribution in [0.4, 0.5) is 0 Å². The lowest BCUT2D eigenvalue weighted by molar-refractivity contribution is -0.124. The van der Waals surface area contributed by atoms with Crippen molar-refractivity contribution in [3.05, 3.63) is 0 Å². The monoisotopic (exact) mass is 183 g/mol. The summed E-state index contributed by atoms with van der Waals surface area (Å²) in [5.74, 6) is 0.843. The summed E-state index contributed by atoms with van der Waals surface area (Å²) in [4.78, 5) is 22.1. The summed E-state index contributed by atoms with van der Waals surface area (Å²) in [5, 5.41) is 2.85. The SMILES string of the molecule is CC(C)C(=O)NCC1CCC(=O)C1. The summed E-state index contributed by atoms with van der Waals surface area (Å²) >= 11 is 0. The molecule has 0 aromatic heterocycles. The zero-order chi connectivity index (χ0) is 9.84. The van der Waals surface area contributed by atoms with E-state index in [2.05, 4.69) is 5.32 Å². The molecular weight excluding hydrogens is 166 g/mol. The molecule has 1 N–H and O–H groups in total. The van der Waals surface area contributed by atoms with Gasteiger partial charge in [0, 0.05) is 25.3 Å². The van der Waals surface area contributed by atoms with Gasteiger partial charge < -0.3 is 5.32 Å². The number of ketones is 1. The fourth-order valence-electron chi connectivity index (χ4n) is 1.51. The number of amides is 1. The highest BCUT2D eigenvalue weighted by Crippen LogP contribution is 2.20. The largest absolute Gasteiger partial charge is 0.356 e. The van der Waals surface area contributed by atoms with Gasteiger partial charge in [-0.15, -0.1) is 0 Å². The third kappa shape index (κ3) is 3.17. The van der Waals surface area contributed by atoms with E-state index in [-0.39, 0.29) is 11.8 Å². The summed E-state index contributed by atoms with van der Waals surface area (Å²) in [5.41, 5.74) is 0. The number of hydrogen-bond acceptors (Lipinski definition) is 2. The summed E-state index contributed by atoms with van der Waals surface area (Å²) in [6, 6.07) is 0. The van der Waals surface area contributed by atoms with Gasteiger partial charge in [0.05, 0.1) is 0 Å². The van der Waals surface area contributed by atoms with Gasteiger partial charge in [-0.1, -0.05) is 13.8 Å². The molecular formula is C10H17NO2. The van der Waals surface area contributed by atoms with Crippen LogP contribution in [0.5, 0.6) is 0 Å². The average Bonchev–Trinajstić information content (AvgIpc) is 2.47. The molecule has 1 aliphatic rings. The average molecular weight is 183 g/mol. The molecule has 0 aromatic rings. The first-order valence-electron chi connectivity index (χ1n) is 4.89. The van der Waals surface area contributed by atoms with Crippen LogP contribution in [0, 0.1) is 11.8 Å². The van der Waals surface area contributed by atoms with Crippen molar-refractivity contribution < 1.29 is 9.59 Å². The van der Waals surface area contributed by atoms with Crippen LogP contribution in [0.3, 0.4) is 0 Å². The predicted molar refractivity (Wildman–Crippen MR) is 50.2 cm³/mol. The normalized spacial score (nSPS) is 22.4.